The van der Waals surface area contributed by atoms with Gasteiger partial charge < -0.3 is 34.6 Å². The van der Waals surface area contributed by atoms with Crippen molar-refractivity contribution in [2.24, 2.45) is 5.92 Å². The molecule has 0 amide bonds. The molecule has 4 unspecified atom stereocenters. The zero-order valence-corrected chi connectivity index (χ0v) is 12.7. The highest BCUT2D eigenvalue weighted by Crippen LogP contribution is 2.30. The normalized spacial score (nSPS) is 26.2. The predicted molar refractivity (Wildman–Crippen MR) is 75.6 cm³/mol. The number of rotatable bonds is 8. The Hall–Kier alpha value is -1.94. The SMILES string of the molecule is COCC1=C(O)C(O)C(COC)C(C(O)C(=O)C=CC(=O)O)O1. The van der Waals surface area contributed by atoms with Crippen molar-refractivity contribution in [3.8, 4) is 0 Å². The van der Waals surface area contributed by atoms with Crippen LogP contribution in [0, 0.1) is 5.92 Å². The van der Waals surface area contributed by atoms with Crippen LogP contribution in [0.5, 0.6) is 0 Å². The number of carboxylic acid groups (broad SMARTS) is 1. The first-order chi connectivity index (χ1) is 10.8. The molecule has 1 heterocycles. The van der Waals surface area contributed by atoms with Gasteiger partial charge in [-0.05, 0) is 6.08 Å². The number of carbonyl (C=O) groups excluding carboxylic acids is 1. The fourth-order valence-electron chi connectivity index (χ4n) is 2.19. The van der Waals surface area contributed by atoms with E-state index in [0.717, 1.165) is 0 Å². The highest BCUT2D eigenvalue weighted by Gasteiger charge is 2.44. The van der Waals surface area contributed by atoms with Crippen LogP contribution < -0.4 is 0 Å². The summed E-state index contributed by atoms with van der Waals surface area (Å²) >= 11 is 0. The maximum absolute atomic E-state index is 11.8. The third-order valence-electron chi connectivity index (χ3n) is 3.30. The van der Waals surface area contributed by atoms with Gasteiger partial charge in [0.2, 0.25) is 0 Å². The molecule has 0 spiro atoms. The number of aliphatic hydroxyl groups excluding tert-OH is 3. The Morgan fingerprint density at radius 3 is 2.48 bits per heavy atom. The van der Waals surface area contributed by atoms with Gasteiger partial charge in [-0.25, -0.2) is 4.79 Å². The molecule has 0 bridgehead atoms. The van der Waals surface area contributed by atoms with Gasteiger partial charge >= 0.3 is 5.97 Å². The molecule has 4 N–H and O–H groups in total. The summed E-state index contributed by atoms with van der Waals surface area (Å²) in [6, 6.07) is 0. The molecule has 9 heteroatoms. The third kappa shape index (κ3) is 4.76. The minimum atomic E-state index is -1.75. The number of methoxy groups -OCH3 is 2. The zero-order valence-electron chi connectivity index (χ0n) is 12.7. The Morgan fingerprint density at radius 1 is 1.30 bits per heavy atom. The number of aliphatic carboxylic acids is 1. The van der Waals surface area contributed by atoms with Crippen molar-refractivity contribution >= 4 is 11.8 Å². The first-order valence-corrected chi connectivity index (χ1v) is 6.71. The number of carboxylic acids is 1. The summed E-state index contributed by atoms with van der Waals surface area (Å²) in [5.74, 6) is -3.78. The van der Waals surface area contributed by atoms with Crippen LogP contribution in [0.15, 0.2) is 23.7 Å². The first-order valence-electron chi connectivity index (χ1n) is 6.71. The Morgan fingerprint density at radius 2 is 1.96 bits per heavy atom. The van der Waals surface area contributed by atoms with Crippen LogP contribution in [0.2, 0.25) is 0 Å². The van der Waals surface area contributed by atoms with Crippen LogP contribution in [-0.4, -0.2) is 77.9 Å². The summed E-state index contributed by atoms with van der Waals surface area (Å²) in [5.41, 5.74) is 0. The minimum Gasteiger partial charge on any atom is -0.506 e. The lowest BCUT2D eigenvalue weighted by Crippen LogP contribution is -2.50. The van der Waals surface area contributed by atoms with E-state index in [9.17, 15) is 24.9 Å². The molecule has 1 aliphatic rings. The number of ether oxygens (including phenoxy) is 3. The second-order valence-electron chi connectivity index (χ2n) is 4.91. The topological polar surface area (TPSA) is 143 Å². The summed E-state index contributed by atoms with van der Waals surface area (Å²) < 4.78 is 15.1. The van der Waals surface area contributed by atoms with Crippen LogP contribution in [0.4, 0.5) is 0 Å². The second-order valence-corrected chi connectivity index (χ2v) is 4.91. The van der Waals surface area contributed by atoms with Crippen LogP contribution in [-0.2, 0) is 23.8 Å². The lowest BCUT2D eigenvalue weighted by molar-refractivity contribution is -0.146. The van der Waals surface area contributed by atoms with Gasteiger partial charge in [0.25, 0.3) is 0 Å². The Bertz CT molecular complexity index is 496. The van der Waals surface area contributed by atoms with Gasteiger partial charge in [0.15, 0.2) is 23.4 Å². The molecule has 9 nitrogen and oxygen atoms in total. The molecular weight excluding hydrogens is 312 g/mol. The molecule has 1 rings (SSSR count). The van der Waals surface area contributed by atoms with E-state index in [0.29, 0.717) is 12.2 Å². The maximum Gasteiger partial charge on any atom is 0.328 e. The van der Waals surface area contributed by atoms with Gasteiger partial charge in [-0.15, -0.1) is 0 Å². The van der Waals surface area contributed by atoms with Crippen molar-refractivity contribution in [2.75, 3.05) is 27.4 Å². The molecule has 130 valence electrons. The monoisotopic (exact) mass is 332 g/mol. The molecule has 0 aliphatic carbocycles. The average molecular weight is 332 g/mol. The molecule has 1 aliphatic heterocycles. The van der Waals surface area contributed by atoms with Crippen LogP contribution in [0.3, 0.4) is 0 Å². The minimum absolute atomic E-state index is 0.108. The van der Waals surface area contributed by atoms with Gasteiger partial charge in [0, 0.05) is 20.3 Å². The smallest absolute Gasteiger partial charge is 0.328 e. The molecule has 0 saturated carbocycles. The van der Waals surface area contributed by atoms with E-state index in [2.05, 4.69) is 0 Å². The number of hydrogen-bond acceptors (Lipinski definition) is 8. The van der Waals surface area contributed by atoms with Crippen molar-refractivity contribution in [3.05, 3.63) is 23.7 Å². The second kappa shape index (κ2) is 8.63. The Labute approximate surface area is 132 Å². The quantitative estimate of drug-likeness (QED) is 0.411. The zero-order chi connectivity index (χ0) is 17.6. The van der Waals surface area contributed by atoms with E-state index < -0.39 is 41.7 Å². The summed E-state index contributed by atoms with van der Waals surface area (Å²) in [4.78, 5) is 22.3. The van der Waals surface area contributed by atoms with Crippen LogP contribution in [0.1, 0.15) is 0 Å². The van der Waals surface area contributed by atoms with E-state index in [1.54, 1.807) is 0 Å². The van der Waals surface area contributed by atoms with E-state index >= 15 is 0 Å². The van der Waals surface area contributed by atoms with Crippen molar-refractivity contribution in [1.29, 1.82) is 0 Å². The van der Waals surface area contributed by atoms with E-state index in [1.807, 2.05) is 0 Å². The molecule has 0 saturated heterocycles. The average Bonchev–Trinajstić information content (AvgIpc) is 2.51. The van der Waals surface area contributed by atoms with Gasteiger partial charge in [-0.2, -0.15) is 0 Å². The fraction of sp³-hybridized carbons (Fsp3) is 0.571. The van der Waals surface area contributed by atoms with Crippen LogP contribution in [0.25, 0.3) is 0 Å². The van der Waals surface area contributed by atoms with Crippen molar-refractivity contribution < 1.29 is 44.2 Å². The summed E-state index contributed by atoms with van der Waals surface area (Å²) in [7, 11) is 2.68. The molecule has 0 aromatic rings. The number of carbonyl (C=O) groups is 2. The number of hydrogen-bond donors (Lipinski definition) is 4. The summed E-state index contributed by atoms with van der Waals surface area (Å²) in [6.45, 7) is -0.284. The highest BCUT2D eigenvalue weighted by atomic mass is 16.5. The molecule has 0 fully saturated rings. The van der Waals surface area contributed by atoms with Gasteiger partial charge in [0.1, 0.15) is 18.8 Å². The number of aliphatic hydroxyl groups is 3. The third-order valence-corrected chi connectivity index (χ3v) is 3.30. The molecule has 23 heavy (non-hydrogen) atoms. The summed E-state index contributed by atoms with van der Waals surface area (Å²) in [6.07, 6.45) is -3.14. The van der Waals surface area contributed by atoms with Gasteiger partial charge in [0.05, 0.1) is 12.5 Å². The van der Waals surface area contributed by atoms with Crippen molar-refractivity contribution in [3.63, 3.8) is 0 Å². The predicted octanol–water partition coefficient (Wildman–Crippen LogP) is -1.00. The highest BCUT2D eigenvalue weighted by molar-refractivity contribution is 5.98. The molecule has 0 aromatic carbocycles. The molecule has 0 aromatic heterocycles. The molecular formula is C14H20O9. The largest absolute Gasteiger partial charge is 0.506 e. The van der Waals surface area contributed by atoms with Crippen LogP contribution >= 0.6 is 0 Å². The van der Waals surface area contributed by atoms with E-state index in [4.69, 9.17) is 19.3 Å². The lowest BCUT2D eigenvalue weighted by atomic mass is 9.87. The first kappa shape index (κ1) is 19.1. The van der Waals surface area contributed by atoms with Crippen molar-refractivity contribution in [2.45, 2.75) is 18.3 Å². The van der Waals surface area contributed by atoms with E-state index in [1.165, 1.54) is 14.2 Å². The standard InChI is InChI=1S/C14H20O9/c1-21-5-7-11(18)13(20)9(6-22-2)23-14(7)12(19)8(15)3-4-10(16)17/h3-4,7,11-12,14,18-20H,5-6H2,1-2H3,(H,16,17). The van der Waals surface area contributed by atoms with E-state index in [-0.39, 0.29) is 19.0 Å². The Kier molecular flexibility index (Phi) is 7.17. The molecule has 0 radical (unpaired) electrons. The van der Waals surface area contributed by atoms with Crippen molar-refractivity contribution in [1.82, 2.24) is 0 Å². The fourth-order valence-corrected chi connectivity index (χ4v) is 2.19. The van der Waals surface area contributed by atoms with Gasteiger partial charge in [-0.3, -0.25) is 4.79 Å². The number of ketones is 1. The maximum atomic E-state index is 11.8. The Balaban J connectivity index is 3.04. The molecule has 4 atom stereocenters. The van der Waals surface area contributed by atoms with Gasteiger partial charge in [-0.1, -0.05) is 0 Å². The lowest BCUT2D eigenvalue weighted by Gasteiger charge is -2.37. The summed E-state index contributed by atoms with van der Waals surface area (Å²) in [5, 5.41) is 38.6.